The first-order valence-electron chi connectivity index (χ1n) is 10.1. The van der Waals surface area contributed by atoms with Gasteiger partial charge in [-0.05, 0) is 37.0 Å². The third kappa shape index (κ3) is 11.2. The van der Waals surface area contributed by atoms with Crippen LogP contribution < -0.4 is 10.6 Å². The predicted octanol–water partition coefficient (Wildman–Crippen LogP) is 4.50. The van der Waals surface area contributed by atoms with Crippen molar-refractivity contribution in [1.82, 2.24) is 10.6 Å². The predicted molar refractivity (Wildman–Crippen MR) is 131 cm³/mol. The second-order valence-electron chi connectivity index (χ2n) is 6.47. The molecule has 0 radical (unpaired) electrons. The Labute approximate surface area is 192 Å². The van der Waals surface area contributed by atoms with Crippen LogP contribution in [0, 0.1) is 0 Å². The Morgan fingerprint density at radius 2 is 1.48 bits per heavy atom. The first kappa shape index (κ1) is 25.4. The lowest BCUT2D eigenvalue weighted by atomic mass is 10.1. The summed E-state index contributed by atoms with van der Waals surface area (Å²) in [5.41, 5.74) is 3.54. The highest BCUT2D eigenvalue weighted by Crippen LogP contribution is 2.09. The molecule has 0 spiro atoms. The fraction of sp³-hybridized carbons (Fsp3) is 0.435. The van der Waals surface area contributed by atoms with Crippen LogP contribution in [0.2, 0.25) is 0 Å². The number of aliphatic imine (C=N–C) groups is 1. The van der Waals surface area contributed by atoms with Crippen molar-refractivity contribution < 1.29 is 9.47 Å². The second kappa shape index (κ2) is 16.2. The summed E-state index contributed by atoms with van der Waals surface area (Å²) in [5, 5.41) is 6.62. The van der Waals surface area contributed by atoms with Gasteiger partial charge in [-0.3, -0.25) is 0 Å². The highest BCUT2D eigenvalue weighted by Gasteiger charge is 1.99. The summed E-state index contributed by atoms with van der Waals surface area (Å²) < 4.78 is 11.1. The van der Waals surface area contributed by atoms with E-state index in [1.165, 1.54) is 16.7 Å². The van der Waals surface area contributed by atoms with E-state index in [2.05, 4.69) is 58.9 Å². The molecule has 0 aliphatic rings. The van der Waals surface area contributed by atoms with Gasteiger partial charge < -0.3 is 20.1 Å². The molecule has 2 aromatic rings. The lowest BCUT2D eigenvalue weighted by molar-refractivity contribution is 0.107. The Bertz CT molecular complexity index is 678. The summed E-state index contributed by atoms with van der Waals surface area (Å²) in [7, 11) is 0. The van der Waals surface area contributed by atoms with Crippen molar-refractivity contribution in [2.75, 3.05) is 26.3 Å². The van der Waals surface area contributed by atoms with Gasteiger partial charge >= 0.3 is 0 Å². The quantitative estimate of drug-likeness (QED) is 0.191. The number of benzene rings is 2. The van der Waals surface area contributed by atoms with Gasteiger partial charge in [0.1, 0.15) is 0 Å². The highest BCUT2D eigenvalue weighted by molar-refractivity contribution is 14.0. The van der Waals surface area contributed by atoms with Crippen LogP contribution in [-0.4, -0.2) is 32.3 Å². The van der Waals surface area contributed by atoms with Gasteiger partial charge in [0, 0.05) is 26.3 Å². The molecule has 0 bridgehead atoms. The minimum absolute atomic E-state index is 0. The molecule has 6 heteroatoms. The summed E-state index contributed by atoms with van der Waals surface area (Å²) in [5.74, 6) is 0.842. The normalized spacial score (nSPS) is 11.0. The van der Waals surface area contributed by atoms with E-state index in [0.29, 0.717) is 19.8 Å². The molecular formula is C23H34IN3O2. The Balaban J connectivity index is 0.00000420. The van der Waals surface area contributed by atoms with Crippen molar-refractivity contribution in [1.29, 1.82) is 0 Å². The molecule has 0 aliphatic heterocycles. The van der Waals surface area contributed by atoms with Crippen molar-refractivity contribution in [3.05, 3.63) is 71.3 Å². The molecule has 0 heterocycles. The van der Waals surface area contributed by atoms with E-state index < -0.39 is 0 Å². The highest BCUT2D eigenvalue weighted by atomic mass is 127. The molecule has 160 valence electrons. The minimum atomic E-state index is 0. The van der Waals surface area contributed by atoms with E-state index >= 15 is 0 Å². The lowest BCUT2D eigenvalue weighted by Crippen LogP contribution is -2.38. The summed E-state index contributed by atoms with van der Waals surface area (Å²) in [6.45, 7) is 9.21. The topological polar surface area (TPSA) is 54.9 Å². The number of nitrogens with zero attached hydrogens (tertiary/aromatic N) is 1. The van der Waals surface area contributed by atoms with Gasteiger partial charge in [0.05, 0.1) is 19.8 Å². The standard InChI is InChI=1S/C23H33N3O2.HI/c1-3-24-23(25-15-8-16-27-4-2)26-17-20-11-13-22(14-12-20)19-28-18-21-9-6-5-7-10-21;/h5-7,9-14H,3-4,8,15-19H2,1-2H3,(H2,24,25,26);1H. The van der Waals surface area contributed by atoms with Gasteiger partial charge in [0.15, 0.2) is 5.96 Å². The Morgan fingerprint density at radius 1 is 0.828 bits per heavy atom. The Kier molecular flexibility index (Phi) is 14.2. The van der Waals surface area contributed by atoms with Crippen LogP contribution >= 0.6 is 24.0 Å². The maximum absolute atomic E-state index is 5.79. The van der Waals surface area contributed by atoms with Crippen LogP contribution in [-0.2, 0) is 29.2 Å². The molecule has 2 aromatic carbocycles. The molecule has 29 heavy (non-hydrogen) atoms. The van der Waals surface area contributed by atoms with Crippen LogP contribution in [0.25, 0.3) is 0 Å². The SMILES string of the molecule is CCNC(=NCc1ccc(COCc2ccccc2)cc1)NCCCOCC.I. The number of nitrogens with one attached hydrogen (secondary N) is 2. The Hall–Kier alpha value is -1.64. The van der Waals surface area contributed by atoms with E-state index in [4.69, 9.17) is 9.47 Å². The third-order valence-corrected chi connectivity index (χ3v) is 4.13. The lowest BCUT2D eigenvalue weighted by Gasteiger charge is -2.11. The molecule has 2 N–H and O–H groups in total. The van der Waals surface area contributed by atoms with Crippen molar-refractivity contribution in [2.24, 2.45) is 4.99 Å². The van der Waals surface area contributed by atoms with Gasteiger partial charge in [-0.2, -0.15) is 0 Å². The zero-order chi connectivity index (χ0) is 19.9. The number of guanidine groups is 1. The average molecular weight is 511 g/mol. The van der Waals surface area contributed by atoms with Gasteiger partial charge in [0.25, 0.3) is 0 Å². The Morgan fingerprint density at radius 3 is 2.14 bits per heavy atom. The zero-order valence-corrected chi connectivity index (χ0v) is 19.9. The maximum atomic E-state index is 5.79. The third-order valence-electron chi connectivity index (χ3n) is 4.13. The van der Waals surface area contributed by atoms with E-state index in [1.807, 2.05) is 25.1 Å². The van der Waals surface area contributed by atoms with E-state index in [9.17, 15) is 0 Å². The fourth-order valence-corrected chi connectivity index (χ4v) is 2.64. The summed E-state index contributed by atoms with van der Waals surface area (Å²) in [6.07, 6.45) is 0.968. The number of rotatable bonds is 12. The van der Waals surface area contributed by atoms with Crippen LogP contribution in [0.4, 0.5) is 0 Å². The molecule has 0 unspecified atom stereocenters. The monoisotopic (exact) mass is 511 g/mol. The maximum Gasteiger partial charge on any atom is 0.191 e. The number of halogens is 1. The summed E-state index contributed by atoms with van der Waals surface area (Å²) in [4.78, 5) is 4.66. The minimum Gasteiger partial charge on any atom is -0.382 e. The van der Waals surface area contributed by atoms with E-state index in [-0.39, 0.29) is 24.0 Å². The van der Waals surface area contributed by atoms with Gasteiger partial charge in [-0.25, -0.2) is 4.99 Å². The van der Waals surface area contributed by atoms with Crippen molar-refractivity contribution in [2.45, 2.75) is 40.0 Å². The first-order valence-corrected chi connectivity index (χ1v) is 10.1. The van der Waals surface area contributed by atoms with Gasteiger partial charge in [-0.1, -0.05) is 54.6 Å². The number of hydrogen-bond acceptors (Lipinski definition) is 3. The van der Waals surface area contributed by atoms with Crippen LogP contribution in [0.15, 0.2) is 59.6 Å². The van der Waals surface area contributed by atoms with Crippen LogP contribution in [0.1, 0.15) is 37.0 Å². The van der Waals surface area contributed by atoms with Gasteiger partial charge in [0.2, 0.25) is 0 Å². The second-order valence-corrected chi connectivity index (χ2v) is 6.47. The molecular weight excluding hydrogens is 477 g/mol. The number of hydrogen-bond donors (Lipinski definition) is 2. The summed E-state index contributed by atoms with van der Waals surface area (Å²) in [6, 6.07) is 18.7. The van der Waals surface area contributed by atoms with Crippen molar-refractivity contribution >= 4 is 29.9 Å². The van der Waals surface area contributed by atoms with Crippen molar-refractivity contribution in [3.63, 3.8) is 0 Å². The molecule has 0 aromatic heterocycles. The molecule has 0 amide bonds. The van der Waals surface area contributed by atoms with Crippen molar-refractivity contribution in [3.8, 4) is 0 Å². The molecule has 2 rings (SSSR count). The molecule has 0 saturated heterocycles. The van der Waals surface area contributed by atoms with Crippen LogP contribution in [0.5, 0.6) is 0 Å². The first-order chi connectivity index (χ1) is 13.8. The molecule has 0 saturated carbocycles. The molecule has 0 fully saturated rings. The van der Waals surface area contributed by atoms with Crippen LogP contribution in [0.3, 0.4) is 0 Å². The van der Waals surface area contributed by atoms with E-state index in [1.54, 1.807) is 0 Å². The average Bonchev–Trinajstić information content (AvgIpc) is 2.73. The molecule has 0 aliphatic carbocycles. The van der Waals surface area contributed by atoms with Gasteiger partial charge in [-0.15, -0.1) is 24.0 Å². The largest absolute Gasteiger partial charge is 0.382 e. The van der Waals surface area contributed by atoms with E-state index in [0.717, 1.165) is 38.7 Å². The molecule has 5 nitrogen and oxygen atoms in total. The smallest absolute Gasteiger partial charge is 0.191 e. The fourth-order valence-electron chi connectivity index (χ4n) is 2.64. The number of ether oxygens (including phenoxy) is 2. The zero-order valence-electron chi connectivity index (χ0n) is 17.5. The summed E-state index contributed by atoms with van der Waals surface area (Å²) >= 11 is 0. The molecule has 0 atom stereocenters.